The second-order valence-electron chi connectivity index (χ2n) is 8.12. The monoisotopic (exact) mass is 409 g/mol. The molecule has 2 aliphatic carbocycles. The molecule has 1 N–H and O–H groups in total. The lowest BCUT2D eigenvalue weighted by molar-refractivity contribution is -0.136. The van der Waals surface area contributed by atoms with E-state index in [1.165, 1.54) is 37.5 Å². The number of carbonyl (C=O) groups excluding carboxylic acids is 1. The number of benzene rings is 1. The number of amides is 1. The van der Waals surface area contributed by atoms with Crippen LogP contribution in [0.5, 0.6) is 5.75 Å². The van der Waals surface area contributed by atoms with Crippen molar-refractivity contribution in [3.05, 3.63) is 40.2 Å². The van der Waals surface area contributed by atoms with Gasteiger partial charge in [-0.25, -0.2) is 4.79 Å². The van der Waals surface area contributed by atoms with Gasteiger partial charge in [0.2, 0.25) is 0 Å². The fourth-order valence-electron chi connectivity index (χ4n) is 4.93. The maximum Gasteiger partial charge on any atom is 0.417 e. The molecule has 4 rings (SSSR count). The molecule has 0 saturated heterocycles. The van der Waals surface area contributed by atoms with Crippen LogP contribution >= 0.6 is 0 Å². The van der Waals surface area contributed by atoms with Gasteiger partial charge in [-0.15, -0.1) is 0 Å². The molecular weight excluding hydrogens is 387 g/mol. The molecule has 8 heteroatoms. The van der Waals surface area contributed by atoms with Gasteiger partial charge in [-0.2, -0.15) is 13.2 Å². The minimum Gasteiger partial charge on any atom is -0.484 e. The first-order valence-electron chi connectivity index (χ1n) is 9.78. The molecule has 2 bridgehead atoms. The largest absolute Gasteiger partial charge is 0.484 e. The quantitative estimate of drug-likeness (QED) is 0.754. The van der Waals surface area contributed by atoms with Gasteiger partial charge >= 0.3 is 11.8 Å². The molecule has 0 aliphatic heterocycles. The molecule has 1 heterocycles. The van der Waals surface area contributed by atoms with Crippen molar-refractivity contribution in [3.63, 3.8) is 0 Å². The molecule has 2 aliphatic rings. The van der Waals surface area contributed by atoms with Crippen LogP contribution in [0.2, 0.25) is 0 Å². The van der Waals surface area contributed by atoms with Crippen LogP contribution in [0.3, 0.4) is 0 Å². The number of hydrogen-bond acceptors (Lipinski definition) is 4. The molecule has 2 saturated carbocycles. The summed E-state index contributed by atoms with van der Waals surface area (Å²) >= 11 is 0. The number of carbonyl (C=O) groups is 1. The fourth-order valence-corrected chi connectivity index (χ4v) is 4.93. The minimum atomic E-state index is -4.67. The summed E-state index contributed by atoms with van der Waals surface area (Å²) in [7, 11) is 0. The van der Waals surface area contributed by atoms with E-state index < -0.39 is 17.4 Å². The lowest BCUT2D eigenvalue weighted by atomic mass is 9.84. The highest BCUT2D eigenvalue weighted by molar-refractivity contribution is 5.82. The summed E-state index contributed by atoms with van der Waals surface area (Å²) in [5, 5.41) is 2.73. The Hall–Kier alpha value is -2.51. The average molecular weight is 409 g/mol. The van der Waals surface area contributed by atoms with Crippen LogP contribution in [-0.4, -0.2) is 18.6 Å². The molecule has 156 valence electrons. The molecule has 29 heavy (non-hydrogen) atoms. The standard InChI is InChI=1S/C21H22F3NO4/c1-11(16-7-12-2-3-13(16)6-12)25-19(26)10-28-14-4-5-15-17(21(22,23)24)9-20(27)29-18(15)8-14/h4-5,8-9,11-13,16H,2-3,6-7,10H2,1H3,(H,25,26). The van der Waals surface area contributed by atoms with Crippen molar-refractivity contribution in [3.8, 4) is 5.75 Å². The highest BCUT2D eigenvalue weighted by Gasteiger charge is 2.42. The van der Waals surface area contributed by atoms with E-state index in [9.17, 15) is 22.8 Å². The number of nitrogens with one attached hydrogen (secondary N) is 1. The highest BCUT2D eigenvalue weighted by Crippen LogP contribution is 2.49. The van der Waals surface area contributed by atoms with Gasteiger partial charge in [-0.1, -0.05) is 6.42 Å². The first-order valence-corrected chi connectivity index (χ1v) is 9.78. The van der Waals surface area contributed by atoms with Gasteiger partial charge in [0, 0.05) is 23.6 Å². The molecule has 5 nitrogen and oxygen atoms in total. The molecule has 4 unspecified atom stereocenters. The van der Waals surface area contributed by atoms with Crippen LogP contribution in [0.15, 0.2) is 33.5 Å². The Morgan fingerprint density at radius 3 is 2.72 bits per heavy atom. The SMILES string of the molecule is CC(NC(=O)COc1ccc2c(C(F)(F)F)cc(=O)oc2c1)C1CC2CCC1C2. The zero-order chi connectivity index (χ0) is 20.8. The summed E-state index contributed by atoms with van der Waals surface area (Å²) in [5.74, 6) is 1.83. The molecule has 1 aromatic carbocycles. The Morgan fingerprint density at radius 1 is 1.28 bits per heavy atom. The molecular formula is C21H22F3NO4. The van der Waals surface area contributed by atoms with E-state index in [4.69, 9.17) is 9.15 Å². The van der Waals surface area contributed by atoms with Crippen LogP contribution in [0, 0.1) is 17.8 Å². The number of ether oxygens (including phenoxy) is 1. The predicted molar refractivity (Wildman–Crippen MR) is 99.5 cm³/mol. The van der Waals surface area contributed by atoms with Gasteiger partial charge in [0.25, 0.3) is 5.91 Å². The predicted octanol–water partition coefficient (Wildman–Crippen LogP) is 4.13. The zero-order valence-corrected chi connectivity index (χ0v) is 15.9. The van der Waals surface area contributed by atoms with Gasteiger partial charge < -0.3 is 14.5 Å². The van der Waals surface area contributed by atoms with Gasteiger partial charge in [0.1, 0.15) is 11.3 Å². The smallest absolute Gasteiger partial charge is 0.417 e. The Kier molecular flexibility index (Phi) is 5.04. The molecule has 0 radical (unpaired) electrons. The van der Waals surface area contributed by atoms with Crippen LogP contribution in [-0.2, 0) is 11.0 Å². The summed E-state index contributed by atoms with van der Waals surface area (Å²) in [6.45, 7) is 1.74. The van der Waals surface area contributed by atoms with E-state index in [1.54, 1.807) is 0 Å². The normalized spacial score (nSPS) is 24.6. The van der Waals surface area contributed by atoms with Gasteiger partial charge in [-0.05, 0) is 56.1 Å². The van der Waals surface area contributed by atoms with Gasteiger partial charge in [0.15, 0.2) is 6.61 Å². The number of fused-ring (bicyclic) bond motifs is 3. The van der Waals surface area contributed by atoms with Crippen LogP contribution in [0.4, 0.5) is 13.2 Å². The number of halogens is 3. The van der Waals surface area contributed by atoms with E-state index in [0.717, 1.165) is 12.3 Å². The lowest BCUT2D eigenvalue weighted by Crippen LogP contribution is -2.42. The summed E-state index contributed by atoms with van der Waals surface area (Å²) in [4.78, 5) is 23.7. The van der Waals surface area contributed by atoms with Crippen molar-refractivity contribution in [2.75, 3.05) is 6.61 Å². The third kappa shape index (κ3) is 4.11. The molecule has 2 aromatic rings. The third-order valence-electron chi connectivity index (χ3n) is 6.21. The van der Waals surface area contributed by atoms with Gasteiger partial charge in [-0.3, -0.25) is 4.79 Å². The Balaban J connectivity index is 1.40. The Morgan fingerprint density at radius 2 is 2.07 bits per heavy atom. The second-order valence-corrected chi connectivity index (χ2v) is 8.12. The summed E-state index contributed by atoms with van der Waals surface area (Å²) in [5.41, 5.74) is -2.40. The van der Waals surface area contributed by atoms with E-state index in [2.05, 4.69) is 5.32 Å². The van der Waals surface area contributed by atoms with Crippen LogP contribution < -0.4 is 15.7 Å². The van der Waals surface area contributed by atoms with Crippen molar-refractivity contribution in [2.45, 2.75) is 44.8 Å². The van der Waals surface area contributed by atoms with E-state index in [-0.39, 0.29) is 35.3 Å². The maximum absolute atomic E-state index is 13.1. The summed E-state index contributed by atoms with van der Waals surface area (Å²) in [6.07, 6.45) is 0.251. The van der Waals surface area contributed by atoms with Crippen molar-refractivity contribution >= 4 is 16.9 Å². The topological polar surface area (TPSA) is 68.5 Å². The third-order valence-corrected chi connectivity index (χ3v) is 6.21. The molecule has 4 atom stereocenters. The summed E-state index contributed by atoms with van der Waals surface area (Å²) in [6, 6.07) is 4.17. The maximum atomic E-state index is 13.1. The van der Waals surface area contributed by atoms with E-state index in [0.29, 0.717) is 17.9 Å². The Labute approximate surface area is 165 Å². The Bertz CT molecular complexity index is 984. The van der Waals surface area contributed by atoms with Crippen LogP contribution in [0.25, 0.3) is 11.0 Å². The molecule has 1 aromatic heterocycles. The first kappa shape index (κ1) is 19.8. The number of alkyl halides is 3. The highest BCUT2D eigenvalue weighted by atomic mass is 19.4. The fraction of sp³-hybridized carbons (Fsp3) is 0.524. The minimum absolute atomic E-state index is 0.0605. The second kappa shape index (κ2) is 7.39. The van der Waals surface area contributed by atoms with Crippen LogP contribution in [0.1, 0.15) is 38.2 Å². The van der Waals surface area contributed by atoms with Crippen molar-refractivity contribution in [1.29, 1.82) is 0 Å². The summed E-state index contributed by atoms with van der Waals surface area (Å²) < 4.78 is 49.6. The average Bonchev–Trinajstić information content (AvgIpc) is 3.28. The zero-order valence-electron chi connectivity index (χ0n) is 15.9. The van der Waals surface area contributed by atoms with Crippen molar-refractivity contribution < 1.29 is 27.1 Å². The molecule has 1 amide bonds. The van der Waals surface area contributed by atoms with Crippen molar-refractivity contribution in [2.24, 2.45) is 17.8 Å². The van der Waals surface area contributed by atoms with E-state index in [1.807, 2.05) is 6.92 Å². The van der Waals surface area contributed by atoms with E-state index >= 15 is 0 Å². The lowest BCUT2D eigenvalue weighted by Gasteiger charge is -2.28. The van der Waals surface area contributed by atoms with Crippen molar-refractivity contribution in [1.82, 2.24) is 5.32 Å². The van der Waals surface area contributed by atoms with Gasteiger partial charge in [0.05, 0.1) is 5.56 Å². The molecule has 2 fully saturated rings. The number of hydrogen-bond donors (Lipinski definition) is 1. The first-order chi connectivity index (χ1) is 13.7. The molecule has 0 spiro atoms. The number of rotatable bonds is 5.